The third kappa shape index (κ3) is 4.32. The molecular weight excluding hydrogens is 366 g/mol. The van der Waals surface area contributed by atoms with Gasteiger partial charge in [-0.1, -0.05) is 65.8 Å². The number of benzene rings is 2. The molecular formula is C23H19N3O3. The van der Waals surface area contributed by atoms with Crippen molar-refractivity contribution >= 4 is 11.6 Å². The molecule has 0 aliphatic carbocycles. The molecule has 0 aliphatic heterocycles. The molecule has 2 aromatic heterocycles. The Balaban J connectivity index is 1.45. The van der Waals surface area contributed by atoms with Gasteiger partial charge in [0.1, 0.15) is 23.6 Å². The lowest BCUT2D eigenvalue weighted by atomic mass is 10.1. The summed E-state index contributed by atoms with van der Waals surface area (Å²) < 4.78 is 10.9. The summed E-state index contributed by atoms with van der Waals surface area (Å²) in [5, 5.41) is 6.88. The molecule has 4 aromatic rings. The fourth-order valence-electron chi connectivity index (χ4n) is 2.90. The van der Waals surface area contributed by atoms with Crippen LogP contribution in [-0.4, -0.2) is 16.0 Å². The summed E-state index contributed by atoms with van der Waals surface area (Å²) in [6.45, 7) is 2.15. The van der Waals surface area contributed by atoms with Gasteiger partial charge in [-0.3, -0.25) is 4.79 Å². The summed E-state index contributed by atoms with van der Waals surface area (Å²) in [7, 11) is 0. The topological polar surface area (TPSA) is 77.2 Å². The smallest absolute Gasteiger partial charge is 0.261 e. The summed E-state index contributed by atoms with van der Waals surface area (Å²) >= 11 is 0. The normalized spacial score (nSPS) is 10.5. The molecule has 0 radical (unpaired) electrons. The first kappa shape index (κ1) is 18.4. The van der Waals surface area contributed by atoms with Gasteiger partial charge >= 0.3 is 0 Å². The molecule has 0 bridgehead atoms. The fraction of sp³-hybridized carbons (Fsp3) is 0.0870. The Morgan fingerprint density at radius 2 is 1.72 bits per heavy atom. The van der Waals surface area contributed by atoms with E-state index in [-0.39, 0.29) is 5.91 Å². The number of rotatable bonds is 6. The number of anilines is 1. The van der Waals surface area contributed by atoms with E-state index >= 15 is 0 Å². The number of ether oxygens (including phenoxy) is 1. The monoisotopic (exact) mass is 385 g/mol. The number of amides is 1. The lowest BCUT2D eigenvalue weighted by molar-refractivity contribution is 0.102. The van der Waals surface area contributed by atoms with Gasteiger partial charge in [0, 0.05) is 11.6 Å². The van der Waals surface area contributed by atoms with E-state index in [0.717, 1.165) is 11.1 Å². The van der Waals surface area contributed by atoms with Crippen LogP contribution in [0.25, 0.3) is 11.3 Å². The molecule has 0 spiro atoms. The van der Waals surface area contributed by atoms with Gasteiger partial charge < -0.3 is 14.6 Å². The summed E-state index contributed by atoms with van der Waals surface area (Å²) in [6.07, 6.45) is 1.56. The molecule has 0 fully saturated rings. The van der Waals surface area contributed by atoms with Crippen LogP contribution in [0.2, 0.25) is 0 Å². The van der Waals surface area contributed by atoms with E-state index < -0.39 is 0 Å². The predicted molar refractivity (Wildman–Crippen MR) is 110 cm³/mol. The van der Waals surface area contributed by atoms with E-state index in [0.29, 0.717) is 35.2 Å². The van der Waals surface area contributed by atoms with Gasteiger partial charge in [0.25, 0.3) is 5.91 Å². The minimum atomic E-state index is -0.303. The molecule has 1 amide bonds. The molecule has 0 unspecified atom stereocenters. The average Bonchev–Trinajstić information content (AvgIpc) is 3.16. The lowest BCUT2D eigenvalue weighted by Gasteiger charge is -2.08. The Hall–Kier alpha value is -3.93. The van der Waals surface area contributed by atoms with Gasteiger partial charge in [0.2, 0.25) is 5.88 Å². The van der Waals surface area contributed by atoms with Crippen molar-refractivity contribution in [3.63, 3.8) is 0 Å². The van der Waals surface area contributed by atoms with Crippen LogP contribution in [0.4, 0.5) is 5.69 Å². The largest absolute Gasteiger partial charge is 0.473 e. The number of nitrogens with zero attached hydrogens (tertiary/aromatic N) is 2. The van der Waals surface area contributed by atoms with Crippen LogP contribution < -0.4 is 10.1 Å². The van der Waals surface area contributed by atoms with E-state index in [2.05, 4.69) is 15.5 Å². The first-order chi connectivity index (χ1) is 14.2. The Labute approximate surface area is 168 Å². The second-order valence-electron chi connectivity index (χ2n) is 6.44. The fourth-order valence-corrected chi connectivity index (χ4v) is 2.90. The third-order valence-electron chi connectivity index (χ3n) is 4.36. The van der Waals surface area contributed by atoms with Gasteiger partial charge in [-0.15, -0.1) is 0 Å². The lowest BCUT2D eigenvalue weighted by Crippen LogP contribution is -2.13. The molecule has 144 valence electrons. The van der Waals surface area contributed by atoms with E-state index in [1.807, 2.05) is 60.7 Å². The van der Waals surface area contributed by atoms with Gasteiger partial charge in [0.05, 0.1) is 11.9 Å². The van der Waals surface area contributed by atoms with Crippen molar-refractivity contribution in [2.24, 2.45) is 0 Å². The Morgan fingerprint density at radius 1 is 1.00 bits per heavy atom. The number of aromatic nitrogens is 2. The molecule has 2 heterocycles. The number of hydrogen-bond acceptors (Lipinski definition) is 5. The van der Waals surface area contributed by atoms with E-state index in [4.69, 9.17) is 9.26 Å². The van der Waals surface area contributed by atoms with Crippen LogP contribution in [0.15, 0.2) is 83.5 Å². The summed E-state index contributed by atoms with van der Waals surface area (Å²) in [4.78, 5) is 17.1. The maximum absolute atomic E-state index is 12.8. The van der Waals surface area contributed by atoms with E-state index in [1.54, 1.807) is 25.3 Å². The molecule has 0 saturated heterocycles. The number of hydrogen-bond donors (Lipinski definition) is 1. The number of carbonyl (C=O) groups is 1. The third-order valence-corrected chi connectivity index (χ3v) is 4.36. The number of nitrogens with one attached hydrogen (secondary N) is 1. The van der Waals surface area contributed by atoms with Crippen molar-refractivity contribution in [3.05, 3.63) is 95.9 Å². The number of aryl methyl sites for hydroxylation is 1. The molecule has 29 heavy (non-hydrogen) atoms. The van der Waals surface area contributed by atoms with Gasteiger partial charge in [-0.05, 0) is 18.6 Å². The predicted octanol–water partition coefficient (Wildman–Crippen LogP) is 4.88. The van der Waals surface area contributed by atoms with E-state index in [1.165, 1.54) is 0 Å². The van der Waals surface area contributed by atoms with Crippen LogP contribution in [0.1, 0.15) is 21.7 Å². The van der Waals surface area contributed by atoms with Crippen molar-refractivity contribution in [1.82, 2.24) is 10.1 Å². The zero-order valence-corrected chi connectivity index (χ0v) is 15.8. The molecule has 0 saturated carbocycles. The maximum Gasteiger partial charge on any atom is 0.261 e. The minimum Gasteiger partial charge on any atom is -0.473 e. The van der Waals surface area contributed by atoms with Crippen molar-refractivity contribution < 1.29 is 14.1 Å². The highest BCUT2D eigenvalue weighted by atomic mass is 16.5. The standard InChI is InChI=1S/C23H19N3O3/c1-16-21(22(26-29-16)18-10-6-3-7-11-18)23(27)25-19-12-13-20(24-14-19)28-15-17-8-4-2-5-9-17/h2-14H,15H2,1H3,(H,25,27). The Morgan fingerprint density at radius 3 is 2.41 bits per heavy atom. The zero-order chi connectivity index (χ0) is 20.1. The zero-order valence-electron chi connectivity index (χ0n) is 15.8. The summed E-state index contributed by atoms with van der Waals surface area (Å²) in [5.74, 6) is 0.637. The first-order valence-corrected chi connectivity index (χ1v) is 9.16. The van der Waals surface area contributed by atoms with Crippen LogP contribution in [0.5, 0.6) is 5.88 Å². The minimum absolute atomic E-state index is 0.303. The highest BCUT2D eigenvalue weighted by molar-refractivity contribution is 6.08. The Bertz CT molecular complexity index is 1090. The maximum atomic E-state index is 12.8. The van der Waals surface area contributed by atoms with Gasteiger partial charge in [-0.2, -0.15) is 0 Å². The van der Waals surface area contributed by atoms with Gasteiger partial charge in [-0.25, -0.2) is 4.98 Å². The molecule has 6 nitrogen and oxygen atoms in total. The van der Waals surface area contributed by atoms with Crippen LogP contribution in [-0.2, 0) is 6.61 Å². The van der Waals surface area contributed by atoms with Crippen molar-refractivity contribution in [2.75, 3.05) is 5.32 Å². The van der Waals surface area contributed by atoms with Crippen molar-refractivity contribution in [3.8, 4) is 17.1 Å². The quantitative estimate of drug-likeness (QED) is 0.512. The number of carbonyl (C=O) groups excluding carboxylic acids is 1. The second kappa shape index (κ2) is 8.39. The summed E-state index contributed by atoms with van der Waals surface area (Å²) in [6, 6.07) is 22.8. The second-order valence-corrected chi connectivity index (χ2v) is 6.44. The summed E-state index contributed by atoms with van der Waals surface area (Å²) in [5.41, 5.74) is 3.35. The molecule has 4 rings (SSSR count). The molecule has 0 atom stereocenters. The molecule has 0 aliphatic rings. The molecule has 1 N–H and O–H groups in total. The van der Waals surface area contributed by atoms with Crippen LogP contribution >= 0.6 is 0 Å². The first-order valence-electron chi connectivity index (χ1n) is 9.16. The average molecular weight is 385 g/mol. The molecule has 2 aromatic carbocycles. The van der Waals surface area contributed by atoms with Crippen molar-refractivity contribution in [2.45, 2.75) is 13.5 Å². The Kier molecular flexibility index (Phi) is 5.33. The highest BCUT2D eigenvalue weighted by Crippen LogP contribution is 2.26. The SMILES string of the molecule is Cc1onc(-c2ccccc2)c1C(=O)Nc1ccc(OCc2ccccc2)nc1. The van der Waals surface area contributed by atoms with Gasteiger partial charge in [0.15, 0.2) is 0 Å². The van der Waals surface area contributed by atoms with Crippen LogP contribution in [0, 0.1) is 6.92 Å². The van der Waals surface area contributed by atoms with E-state index in [9.17, 15) is 4.79 Å². The number of pyridine rings is 1. The van der Waals surface area contributed by atoms with Crippen molar-refractivity contribution in [1.29, 1.82) is 0 Å². The van der Waals surface area contributed by atoms with Crippen LogP contribution in [0.3, 0.4) is 0 Å². The molecule has 6 heteroatoms. The highest BCUT2D eigenvalue weighted by Gasteiger charge is 2.21.